The van der Waals surface area contributed by atoms with Crippen LogP contribution in [0.1, 0.15) is 25.7 Å². The molecular formula is C13H14BrF3O. The molecule has 18 heavy (non-hydrogen) atoms. The van der Waals surface area contributed by atoms with Crippen LogP contribution in [0.25, 0.3) is 0 Å². The van der Waals surface area contributed by atoms with Crippen LogP contribution in [0.5, 0.6) is 5.75 Å². The zero-order valence-electron chi connectivity index (χ0n) is 9.77. The van der Waals surface area contributed by atoms with Crippen molar-refractivity contribution in [2.45, 2.75) is 31.6 Å². The third-order valence-corrected chi connectivity index (χ3v) is 3.76. The molecule has 1 aliphatic carbocycles. The first kappa shape index (κ1) is 13.7. The van der Waals surface area contributed by atoms with Gasteiger partial charge in [0.05, 0.1) is 11.1 Å². The molecule has 0 amide bonds. The van der Waals surface area contributed by atoms with E-state index in [1.165, 1.54) is 6.07 Å². The Morgan fingerprint density at radius 3 is 2.83 bits per heavy atom. The van der Waals surface area contributed by atoms with Crippen molar-refractivity contribution in [2.75, 3.05) is 6.61 Å². The van der Waals surface area contributed by atoms with Gasteiger partial charge in [-0.1, -0.05) is 0 Å². The molecule has 1 aliphatic rings. The van der Waals surface area contributed by atoms with E-state index in [0.717, 1.165) is 6.42 Å². The number of halogens is 4. The second-order valence-electron chi connectivity index (χ2n) is 4.71. The van der Waals surface area contributed by atoms with Gasteiger partial charge in [-0.25, -0.2) is 13.2 Å². The second kappa shape index (κ2) is 5.51. The highest BCUT2D eigenvalue weighted by molar-refractivity contribution is 9.10. The van der Waals surface area contributed by atoms with E-state index in [1.54, 1.807) is 12.1 Å². The zero-order valence-corrected chi connectivity index (χ0v) is 11.4. The number of benzene rings is 1. The maximum atomic E-state index is 13.2. The third kappa shape index (κ3) is 3.64. The fraction of sp³-hybridized carbons (Fsp3) is 0.538. The molecular weight excluding hydrogens is 309 g/mol. The van der Waals surface area contributed by atoms with Crippen molar-refractivity contribution in [3.8, 4) is 5.75 Å². The quantitative estimate of drug-likeness (QED) is 0.777. The Labute approximate surface area is 112 Å². The molecule has 0 aliphatic heterocycles. The predicted octanol–water partition coefficient (Wildman–Crippen LogP) is 4.79. The zero-order chi connectivity index (χ0) is 13.2. The SMILES string of the molecule is Fc1cc(OCC2CCCC(F)(F)C2)ccc1Br. The minimum Gasteiger partial charge on any atom is -0.493 e. The average molecular weight is 323 g/mol. The number of hydrogen-bond acceptors (Lipinski definition) is 1. The summed E-state index contributed by atoms with van der Waals surface area (Å²) in [5.74, 6) is -2.76. The monoisotopic (exact) mass is 322 g/mol. The van der Waals surface area contributed by atoms with Crippen LogP contribution < -0.4 is 4.74 Å². The van der Waals surface area contributed by atoms with E-state index in [-0.39, 0.29) is 25.4 Å². The van der Waals surface area contributed by atoms with Gasteiger partial charge in [-0.05, 0) is 46.8 Å². The van der Waals surface area contributed by atoms with E-state index < -0.39 is 11.7 Å². The predicted molar refractivity (Wildman–Crippen MR) is 66.5 cm³/mol. The summed E-state index contributed by atoms with van der Waals surface area (Å²) < 4.78 is 45.3. The van der Waals surface area contributed by atoms with E-state index in [2.05, 4.69) is 15.9 Å². The van der Waals surface area contributed by atoms with Crippen LogP contribution in [0.15, 0.2) is 22.7 Å². The molecule has 0 radical (unpaired) electrons. The lowest BCUT2D eigenvalue weighted by molar-refractivity contribution is -0.0585. The van der Waals surface area contributed by atoms with Crippen molar-refractivity contribution < 1.29 is 17.9 Å². The van der Waals surface area contributed by atoms with Gasteiger partial charge >= 0.3 is 0 Å². The highest BCUT2D eigenvalue weighted by Gasteiger charge is 2.36. The molecule has 1 aromatic rings. The van der Waals surface area contributed by atoms with Gasteiger partial charge in [0.15, 0.2) is 0 Å². The summed E-state index contributed by atoms with van der Waals surface area (Å²) in [6, 6.07) is 4.42. The van der Waals surface area contributed by atoms with Gasteiger partial charge in [0.25, 0.3) is 0 Å². The summed E-state index contributed by atoms with van der Waals surface area (Å²) in [5.41, 5.74) is 0. The first-order chi connectivity index (χ1) is 8.46. The number of ether oxygens (including phenoxy) is 1. The molecule has 1 saturated carbocycles. The molecule has 1 nitrogen and oxygen atoms in total. The average Bonchev–Trinajstić information content (AvgIpc) is 2.29. The topological polar surface area (TPSA) is 9.23 Å². The Hall–Kier alpha value is -0.710. The lowest BCUT2D eigenvalue weighted by Gasteiger charge is -2.28. The van der Waals surface area contributed by atoms with Crippen molar-refractivity contribution in [1.82, 2.24) is 0 Å². The molecule has 0 aromatic heterocycles. The maximum absolute atomic E-state index is 13.2. The summed E-state index contributed by atoms with van der Waals surface area (Å²) in [4.78, 5) is 0. The standard InChI is InChI=1S/C13H14BrF3O/c14-11-4-3-10(6-12(11)15)18-8-9-2-1-5-13(16,17)7-9/h3-4,6,9H,1-2,5,7-8H2. The minimum atomic E-state index is -2.57. The van der Waals surface area contributed by atoms with Gasteiger partial charge < -0.3 is 4.74 Å². The molecule has 5 heteroatoms. The smallest absolute Gasteiger partial charge is 0.248 e. The largest absolute Gasteiger partial charge is 0.493 e. The van der Waals surface area contributed by atoms with Gasteiger partial charge in [-0.3, -0.25) is 0 Å². The summed E-state index contributed by atoms with van der Waals surface area (Å²) in [5, 5.41) is 0. The maximum Gasteiger partial charge on any atom is 0.248 e. The van der Waals surface area contributed by atoms with E-state index in [0.29, 0.717) is 16.6 Å². The second-order valence-corrected chi connectivity index (χ2v) is 5.56. The molecule has 1 aromatic carbocycles. The molecule has 1 unspecified atom stereocenters. The van der Waals surface area contributed by atoms with Crippen LogP contribution in [-0.2, 0) is 0 Å². The van der Waals surface area contributed by atoms with Gasteiger partial charge in [0.2, 0.25) is 5.92 Å². The fourth-order valence-corrected chi connectivity index (χ4v) is 2.45. The summed E-state index contributed by atoms with van der Waals surface area (Å²) in [6.07, 6.45) is 1.10. The molecule has 100 valence electrons. The van der Waals surface area contributed by atoms with E-state index in [4.69, 9.17) is 4.74 Å². The molecule has 1 atom stereocenters. The third-order valence-electron chi connectivity index (χ3n) is 3.12. The van der Waals surface area contributed by atoms with Crippen LogP contribution >= 0.6 is 15.9 Å². The number of rotatable bonds is 3. The highest BCUT2D eigenvalue weighted by atomic mass is 79.9. The van der Waals surface area contributed by atoms with Crippen LogP contribution in [0.2, 0.25) is 0 Å². The minimum absolute atomic E-state index is 0.0313. The van der Waals surface area contributed by atoms with Crippen molar-refractivity contribution in [3.05, 3.63) is 28.5 Å². The fourth-order valence-electron chi connectivity index (χ4n) is 2.20. The van der Waals surface area contributed by atoms with Gasteiger partial charge in [-0.15, -0.1) is 0 Å². The van der Waals surface area contributed by atoms with Crippen molar-refractivity contribution in [2.24, 2.45) is 5.92 Å². The molecule has 0 bridgehead atoms. The molecule has 0 spiro atoms. The lowest BCUT2D eigenvalue weighted by atomic mass is 9.87. The van der Waals surface area contributed by atoms with E-state index >= 15 is 0 Å². The van der Waals surface area contributed by atoms with Crippen LogP contribution in [-0.4, -0.2) is 12.5 Å². The molecule has 0 heterocycles. The highest BCUT2D eigenvalue weighted by Crippen LogP contribution is 2.36. The summed E-state index contributed by atoms with van der Waals surface area (Å²) in [7, 11) is 0. The Balaban J connectivity index is 1.89. The van der Waals surface area contributed by atoms with Crippen LogP contribution in [0.4, 0.5) is 13.2 Å². The normalized spacial score (nSPS) is 22.8. The van der Waals surface area contributed by atoms with Gasteiger partial charge in [0.1, 0.15) is 11.6 Å². The summed E-state index contributed by atoms with van der Waals surface area (Å²) >= 11 is 3.04. The van der Waals surface area contributed by atoms with Crippen molar-refractivity contribution >= 4 is 15.9 Å². The van der Waals surface area contributed by atoms with Crippen molar-refractivity contribution in [1.29, 1.82) is 0 Å². The Bertz CT molecular complexity index is 423. The van der Waals surface area contributed by atoms with E-state index in [9.17, 15) is 13.2 Å². The lowest BCUT2D eigenvalue weighted by Crippen LogP contribution is -2.29. The number of alkyl halides is 2. The van der Waals surface area contributed by atoms with Gasteiger partial charge in [0, 0.05) is 18.9 Å². The first-order valence-corrected chi connectivity index (χ1v) is 6.71. The van der Waals surface area contributed by atoms with Crippen LogP contribution in [0.3, 0.4) is 0 Å². The van der Waals surface area contributed by atoms with Gasteiger partial charge in [-0.2, -0.15) is 0 Å². The van der Waals surface area contributed by atoms with E-state index in [1.807, 2.05) is 0 Å². The Kier molecular flexibility index (Phi) is 4.20. The molecule has 1 fully saturated rings. The number of hydrogen-bond donors (Lipinski definition) is 0. The first-order valence-electron chi connectivity index (χ1n) is 5.92. The molecule has 0 N–H and O–H groups in total. The molecule has 2 rings (SSSR count). The Morgan fingerprint density at radius 2 is 2.17 bits per heavy atom. The Morgan fingerprint density at radius 1 is 1.39 bits per heavy atom. The van der Waals surface area contributed by atoms with Crippen molar-refractivity contribution in [3.63, 3.8) is 0 Å². The van der Waals surface area contributed by atoms with Crippen LogP contribution in [0, 0.1) is 11.7 Å². The summed E-state index contributed by atoms with van der Waals surface area (Å²) in [6.45, 7) is 0.219. The molecule has 0 saturated heterocycles.